The highest BCUT2D eigenvalue weighted by atomic mass is 16.2. The van der Waals surface area contributed by atoms with Crippen molar-refractivity contribution in [2.45, 2.75) is 32.2 Å². The van der Waals surface area contributed by atoms with Gasteiger partial charge in [0.1, 0.15) is 6.04 Å². The third-order valence-electron chi connectivity index (χ3n) is 4.80. The second-order valence-electron chi connectivity index (χ2n) is 6.89. The highest BCUT2D eigenvalue weighted by Gasteiger charge is 2.14. The Kier molecular flexibility index (Phi) is 5.96. The number of piperidine rings is 1. The molecule has 27 heavy (non-hydrogen) atoms. The van der Waals surface area contributed by atoms with Gasteiger partial charge >= 0.3 is 0 Å². The third kappa shape index (κ3) is 5.00. The average molecular weight is 366 g/mol. The van der Waals surface area contributed by atoms with Crippen molar-refractivity contribution >= 4 is 28.9 Å². The Balaban J connectivity index is 1.55. The first-order chi connectivity index (χ1) is 13.0. The minimum atomic E-state index is -0.490. The number of benzene rings is 2. The van der Waals surface area contributed by atoms with Gasteiger partial charge in [-0.3, -0.25) is 9.59 Å². The van der Waals surface area contributed by atoms with E-state index < -0.39 is 11.9 Å². The molecule has 1 aliphatic heterocycles. The molecule has 6 heteroatoms. The smallest absolute Gasteiger partial charge is 0.248 e. The lowest BCUT2D eigenvalue weighted by Gasteiger charge is -2.29. The molecule has 0 saturated carbocycles. The lowest BCUT2D eigenvalue weighted by molar-refractivity contribution is -0.116. The van der Waals surface area contributed by atoms with Crippen LogP contribution in [0.15, 0.2) is 48.5 Å². The minimum absolute atomic E-state index is 0.151. The fourth-order valence-electron chi connectivity index (χ4n) is 3.20. The van der Waals surface area contributed by atoms with Crippen LogP contribution in [0, 0.1) is 0 Å². The van der Waals surface area contributed by atoms with Gasteiger partial charge in [0.25, 0.3) is 0 Å². The Hall–Kier alpha value is -3.02. The van der Waals surface area contributed by atoms with Crippen molar-refractivity contribution in [2.24, 2.45) is 5.73 Å². The predicted molar refractivity (Wildman–Crippen MR) is 109 cm³/mol. The monoisotopic (exact) mass is 366 g/mol. The molecular weight excluding hydrogens is 340 g/mol. The van der Waals surface area contributed by atoms with E-state index in [4.69, 9.17) is 5.73 Å². The van der Waals surface area contributed by atoms with Crippen LogP contribution >= 0.6 is 0 Å². The van der Waals surface area contributed by atoms with Crippen molar-refractivity contribution in [3.8, 4) is 0 Å². The van der Waals surface area contributed by atoms with Crippen molar-refractivity contribution in [1.29, 1.82) is 0 Å². The van der Waals surface area contributed by atoms with E-state index in [2.05, 4.69) is 27.7 Å². The van der Waals surface area contributed by atoms with Crippen LogP contribution in [-0.2, 0) is 4.79 Å². The van der Waals surface area contributed by atoms with Gasteiger partial charge in [0.15, 0.2) is 0 Å². The Morgan fingerprint density at radius 1 is 0.926 bits per heavy atom. The first kappa shape index (κ1) is 18.8. The largest absolute Gasteiger partial charge is 0.374 e. The van der Waals surface area contributed by atoms with Gasteiger partial charge < -0.3 is 21.3 Å². The summed E-state index contributed by atoms with van der Waals surface area (Å²) in [5, 5.41) is 6.05. The molecule has 3 rings (SSSR count). The van der Waals surface area contributed by atoms with Gasteiger partial charge in [-0.2, -0.15) is 0 Å². The number of carbonyl (C=O) groups excluding carboxylic acids is 2. The zero-order valence-electron chi connectivity index (χ0n) is 15.6. The van der Waals surface area contributed by atoms with Crippen LogP contribution in [0.4, 0.5) is 17.1 Å². The zero-order valence-corrected chi connectivity index (χ0v) is 15.6. The first-order valence-corrected chi connectivity index (χ1v) is 9.35. The molecule has 1 atom stereocenters. The number of hydrogen-bond acceptors (Lipinski definition) is 4. The molecule has 2 aromatic carbocycles. The fourth-order valence-corrected chi connectivity index (χ4v) is 3.20. The van der Waals surface area contributed by atoms with E-state index in [1.807, 2.05) is 19.1 Å². The topological polar surface area (TPSA) is 87.5 Å². The minimum Gasteiger partial charge on any atom is -0.374 e. The number of carbonyl (C=O) groups is 2. The lowest BCUT2D eigenvalue weighted by atomic mass is 10.1. The van der Waals surface area contributed by atoms with Gasteiger partial charge in [0.2, 0.25) is 11.8 Å². The second kappa shape index (κ2) is 8.58. The molecule has 0 bridgehead atoms. The molecule has 1 heterocycles. The standard InChI is InChI=1S/C21H26N4O2/c1-15(21(27)24-18-7-5-16(6-8-18)20(22)26)23-17-9-11-19(12-10-17)25-13-3-2-4-14-25/h5-12,15,23H,2-4,13-14H2,1H3,(H2,22,26)(H,24,27)/t15-/m1/s1. The summed E-state index contributed by atoms with van der Waals surface area (Å²) in [5.74, 6) is -0.641. The first-order valence-electron chi connectivity index (χ1n) is 9.35. The van der Waals surface area contributed by atoms with E-state index in [-0.39, 0.29) is 5.91 Å². The van der Waals surface area contributed by atoms with Crippen LogP contribution in [0.5, 0.6) is 0 Å². The number of anilines is 3. The Bertz CT molecular complexity index is 781. The van der Waals surface area contributed by atoms with E-state index in [0.717, 1.165) is 18.8 Å². The highest BCUT2D eigenvalue weighted by molar-refractivity contribution is 5.97. The maximum atomic E-state index is 12.4. The summed E-state index contributed by atoms with van der Waals surface area (Å²) in [7, 11) is 0. The Morgan fingerprint density at radius 2 is 1.52 bits per heavy atom. The predicted octanol–water partition coefficient (Wildman–Crippen LogP) is 3.21. The SMILES string of the molecule is C[C@@H](Nc1ccc(N2CCCCC2)cc1)C(=O)Nc1ccc(C(N)=O)cc1. The molecule has 0 unspecified atom stereocenters. The summed E-state index contributed by atoms with van der Waals surface area (Å²) >= 11 is 0. The van der Waals surface area contributed by atoms with Gasteiger partial charge in [-0.05, 0) is 74.7 Å². The maximum absolute atomic E-state index is 12.4. The molecule has 2 amide bonds. The van der Waals surface area contributed by atoms with Crippen LogP contribution in [0.25, 0.3) is 0 Å². The van der Waals surface area contributed by atoms with Crippen molar-refractivity contribution < 1.29 is 9.59 Å². The Morgan fingerprint density at radius 3 is 2.11 bits per heavy atom. The van der Waals surface area contributed by atoms with Crippen LogP contribution < -0.4 is 21.3 Å². The number of nitrogens with two attached hydrogens (primary N) is 1. The van der Waals surface area contributed by atoms with E-state index >= 15 is 0 Å². The summed E-state index contributed by atoms with van der Waals surface area (Å²) in [5.41, 5.74) is 8.39. The molecule has 1 aliphatic rings. The number of primary amides is 1. The number of nitrogens with one attached hydrogen (secondary N) is 2. The van der Waals surface area contributed by atoms with Crippen LogP contribution in [0.1, 0.15) is 36.5 Å². The molecule has 0 aliphatic carbocycles. The highest BCUT2D eigenvalue weighted by Crippen LogP contribution is 2.22. The molecule has 142 valence electrons. The van der Waals surface area contributed by atoms with Crippen LogP contribution in [0.3, 0.4) is 0 Å². The van der Waals surface area contributed by atoms with Crippen molar-refractivity contribution in [3.63, 3.8) is 0 Å². The van der Waals surface area contributed by atoms with Gasteiger partial charge in [-0.15, -0.1) is 0 Å². The molecule has 2 aromatic rings. The average Bonchev–Trinajstić information content (AvgIpc) is 2.69. The second-order valence-corrected chi connectivity index (χ2v) is 6.89. The van der Waals surface area contributed by atoms with Crippen molar-refractivity contribution in [3.05, 3.63) is 54.1 Å². The van der Waals surface area contributed by atoms with Crippen LogP contribution in [-0.4, -0.2) is 30.9 Å². The molecular formula is C21H26N4O2. The number of amides is 2. The quantitative estimate of drug-likeness (QED) is 0.732. The summed E-state index contributed by atoms with van der Waals surface area (Å²) in [6, 6.07) is 14.3. The van der Waals surface area contributed by atoms with Gasteiger partial charge in [0.05, 0.1) is 0 Å². The molecule has 0 aromatic heterocycles. The number of rotatable bonds is 6. The third-order valence-corrected chi connectivity index (χ3v) is 4.80. The van der Waals surface area contributed by atoms with E-state index in [1.54, 1.807) is 24.3 Å². The molecule has 6 nitrogen and oxygen atoms in total. The van der Waals surface area contributed by atoms with E-state index in [0.29, 0.717) is 11.3 Å². The lowest BCUT2D eigenvalue weighted by Crippen LogP contribution is -2.32. The summed E-state index contributed by atoms with van der Waals surface area (Å²) in [4.78, 5) is 25.9. The molecule has 0 radical (unpaired) electrons. The van der Waals surface area contributed by atoms with E-state index in [9.17, 15) is 9.59 Å². The van der Waals surface area contributed by atoms with Crippen molar-refractivity contribution in [2.75, 3.05) is 28.6 Å². The molecule has 1 fully saturated rings. The summed E-state index contributed by atoms with van der Waals surface area (Å²) in [6.07, 6.45) is 3.81. The zero-order chi connectivity index (χ0) is 19.2. The number of nitrogens with zero attached hydrogens (tertiary/aromatic N) is 1. The van der Waals surface area contributed by atoms with E-state index in [1.165, 1.54) is 24.9 Å². The summed E-state index contributed by atoms with van der Waals surface area (Å²) in [6.45, 7) is 4.03. The molecule has 1 saturated heterocycles. The van der Waals surface area contributed by atoms with Crippen molar-refractivity contribution in [1.82, 2.24) is 0 Å². The maximum Gasteiger partial charge on any atom is 0.248 e. The van der Waals surface area contributed by atoms with Gasteiger partial charge in [-0.1, -0.05) is 0 Å². The van der Waals surface area contributed by atoms with Gasteiger partial charge in [0, 0.05) is 35.7 Å². The normalized spacial score (nSPS) is 15.1. The van der Waals surface area contributed by atoms with Crippen LogP contribution in [0.2, 0.25) is 0 Å². The molecule has 4 N–H and O–H groups in total. The fraction of sp³-hybridized carbons (Fsp3) is 0.333. The summed E-state index contributed by atoms with van der Waals surface area (Å²) < 4.78 is 0. The van der Waals surface area contributed by atoms with Gasteiger partial charge in [-0.25, -0.2) is 0 Å². The molecule has 0 spiro atoms. The Labute approximate surface area is 159 Å². The number of hydrogen-bond donors (Lipinski definition) is 3.